The van der Waals surface area contributed by atoms with Crippen LogP contribution in [0.4, 0.5) is 4.39 Å². The maximum atomic E-state index is 14.4. The average molecular weight is 333 g/mol. The van der Waals surface area contributed by atoms with Gasteiger partial charge in [-0.2, -0.15) is 0 Å². The second-order valence-electron chi connectivity index (χ2n) is 5.24. The third-order valence-corrected chi connectivity index (χ3v) is 3.46. The van der Waals surface area contributed by atoms with Gasteiger partial charge < -0.3 is 19.9 Å². The highest BCUT2D eigenvalue weighted by Crippen LogP contribution is 2.17. The minimum absolute atomic E-state index is 0.291. The topological polar surface area (TPSA) is 63.5 Å². The van der Waals surface area contributed by atoms with E-state index in [0.717, 1.165) is 17.9 Å². The number of hydrogen-bond donors (Lipinski definition) is 2. The molecule has 0 fully saturated rings. The molecule has 24 heavy (non-hydrogen) atoms. The average Bonchev–Trinajstić information content (AvgIpc) is 2.99. The first-order valence-electron chi connectivity index (χ1n) is 7.95. The highest BCUT2D eigenvalue weighted by molar-refractivity contribution is 5.79. The maximum absolute atomic E-state index is 14.4. The van der Waals surface area contributed by atoms with Gasteiger partial charge in [-0.3, -0.25) is 0 Å². The van der Waals surface area contributed by atoms with E-state index in [1.165, 1.54) is 6.07 Å². The molecule has 6 nitrogen and oxygen atoms in total. The van der Waals surface area contributed by atoms with E-state index >= 15 is 0 Å². The Labute approximate surface area is 141 Å². The van der Waals surface area contributed by atoms with E-state index in [1.807, 2.05) is 19.9 Å². The summed E-state index contributed by atoms with van der Waals surface area (Å²) < 4.78 is 21.1. The Balaban J connectivity index is 2.08. The van der Waals surface area contributed by atoms with Crippen LogP contribution < -0.4 is 10.6 Å². The summed E-state index contributed by atoms with van der Waals surface area (Å²) in [6, 6.07) is 5.14. The van der Waals surface area contributed by atoms with Crippen molar-refractivity contribution in [2.45, 2.75) is 20.4 Å². The highest BCUT2D eigenvalue weighted by Gasteiger charge is 2.08. The third kappa shape index (κ3) is 4.79. The molecule has 0 spiro atoms. The van der Waals surface area contributed by atoms with Gasteiger partial charge in [0.1, 0.15) is 11.6 Å². The van der Waals surface area contributed by atoms with E-state index in [1.54, 1.807) is 30.1 Å². The fourth-order valence-electron chi connectivity index (χ4n) is 2.26. The minimum atomic E-state index is -0.291. The Morgan fingerprint density at radius 1 is 1.38 bits per heavy atom. The van der Waals surface area contributed by atoms with E-state index in [2.05, 4.69) is 20.6 Å². The van der Waals surface area contributed by atoms with Crippen molar-refractivity contribution in [1.82, 2.24) is 20.2 Å². The van der Waals surface area contributed by atoms with Crippen LogP contribution in [0.2, 0.25) is 0 Å². The Bertz CT molecular complexity index is 683. The van der Waals surface area contributed by atoms with E-state index in [0.29, 0.717) is 31.3 Å². The molecule has 0 aliphatic carbocycles. The normalized spacial score (nSPS) is 11.6. The first-order valence-corrected chi connectivity index (χ1v) is 7.95. The first kappa shape index (κ1) is 17.9. The van der Waals surface area contributed by atoms with Gasteiger partial charge in [-0.25, -0.2) is 14.4 Å². The van der Waals surface area contributed by atoms with Gasteiger partial charge in [-0.05, 0) is 31.5 Å². The molecular formula is C17H24FN5O. The Morgan fingerprint density at radius 3 is 2.83 bits per heavy atom. The molecular weight excluding hydrogens is 309 g/mol. The Morgan fingerprint density at radius 2 is 2.21 bits per heavy atom. The molecule has 0 aliphatic rings. The summed E-state index contributed by atoms with van der Waals surface area (Å²) in [4.78, 5) is 8.58. The fourth-order valence-corrected chi connectivity index (χ4v) is 2.26. The predicted molar refractivity (Wildman–Crippen MR) is 93.0 cm³/mol. The fraction of sp³-hybridized carbons (Fsp3) is 0.412. The van der Waals surface area contributed by atoms with Crippen molar-refractivity contribution in [1.29, 1.82) is 0 Å². The van der Waals surface area contributed by atoms with Gasteiger partial charge in [0, 0.05) is 32.6 Å². The summed E-state index contributed by atoms with van der Waals surface area (Å²) in [5.74, 6) is 1.14. The number of benzene rings is 1. The SMILES string of the molecule is CCNC(=NCc1ccc(-n2ccnc2C)c(F)c1)NCCOC. The van der Waals surface area contributed by atoms with Crippen LogP contribution in [-0.4, -0.2) is 42.3 Å². The molecule has 2 aromatic rings. The third-order valence-electron chi connectivity index (χ3n) is 3.46. The number of nitrogens with zero attached hydrogens (tertiary/aromatic N) is 3. The lowest BCUT2D eigenvalue weighted by Gasteiger charge is -2.11. The summed E-state index contributed by atoms with van der Waals surface area (Å²) in [6.07, 6.45) is 3.40. The molecule has 130 valence electrons. The molecule has 0 aliphatic heterocycles. The standard InChI is InChI=1S/C17H24FN5O/c1-4-19-17(21-8-10-24-3)22-12-14-5-6-16(15(18)11-14)23-9-7-20-13(23)2/h5-7,9,11H,4,8,10,12H2,1-3H3,(H2,19,21,22). The molecule has 1 aromatic heterocycles. The van der Waals surface area contributed by atoms with Gasteiger partial charge in [0.25, 0.3) is 0 Å². The summed E-state index contributed by atoms with van der Waals surface area (Å²) in [5, 5.41) is 6.30. The lowest BCUT2D eigenvalue weighted by atomic mass is 10.2. The van der Waals surface area contributed by atoms with Crippen LogP contribution >= 0.6 is 0 Å². The monoisotopic (exact) mass is 333 g/mol. The molecule has 2 rings (SSSR count). The zero-order valence-corrected chi connectivity index (χ0v) is 14.3. The van der Waals surface area contributed by atoms with Gasteiger partial charge in [0.2, 0.25) is 0 Å². The molecule has 7 heteroatoms. The number of aryl methyl sites for hydroxylation is 1. The molecule has 0 saturated heterocycles. The number of nitrogens with one attached hydrogen (secondary N) is 2. The van der Waals surface area contributed by atoms with Crippen LogP contribution in [0.5, 0.6) is 0 Å². The molecule has 1 heterocycles. The molecule has 0 saturated carbocycles. The summed E-state index contributed by atoms with van der Waals surface area (Å²) in [5.41, 5.74) is 1.29. The smallest absolute Gasteiger partial charge is 0.191 e. The maximum Gasteiger partial charge on any atom is 0.191 e. The first-order chi connectivity index (χ1) is 11.7. The number of hydrogen-bond acceptors (Lipinski definition) is 3. The van der Waals surface area contributed by atoms with Crippen molar-refractivity contribution in [3.8, 4) is 5.69 Å². The molecule has 0 atom stereocenters. The quantitative estimate of drug-likeness (QED) is 0.462. The molecule has 0 unspecified atom stereocenters. The lowest BCUT2D eigenvalue weighted by Crippen LogP contribution is -2.38. The van der Waals surface area contributed by atoms with Crippen molar-refractivity contribution >= 4 is 5.96 Å². The van der Waals surface area contributed by atoms with Crippen LogP contribution in [0.3, 0.4) is 0 Å². The zero-order chi connectivity index (χ0) is 17.4. The summed E-state index contributed by atoms with van der Waals surface area (Å²) in [6.45, 7) is 6.24. The largest absolute Gasteiger partial charge is 0.383 e. The van der Waals surface area contributed by atoms with E-state index in [4.69, 9.17) is 4.74 Å². The van der Waals surface area contributed by atoms with Crippen molar-refractivity contribution in [2.24, 2.45) is 4.99 Å². The van der Waals surface area contributed by atoms with Crippen LogP contribution in [0.1, 0.15) is 18.3 Å². The minimum Gasteiger partial charge on any atom is -0.383 e. The van der Waals surface area contributed by atoms with Gasteiger partial charge in [0.15, 0.2) is 5.96 Å². The zero-order valence-electron chi connectivity index (χ0n) is 14.3. The number of methoxy groups -OCH3 is 1. The van der Waals surface area contributed by atoms with Crippen molar-refractivity contribution in [3.63, 3.8) is 0 Å². The van der Waals surface area contributed by atoms with Crippen LogP contribution in [0, 0.1) is 12.7 Å². The van der Waals surface area contributed by atoms with Gasteiger partial charge in [0.05, 0.1) is 18.8 Å². The van der Waals surface area contributed by atoms with Crippen LogP contribution in [0.15, 0.2) is 35.6 Å². The lowest BCUT2D eigenvalue weighted by molar-refractivity contribution is 0.203. The van der Waals surface area contributed by atoms with Crippen molar-refractivity contribution in [3.05, 3.63) is 47.8 Å². The molecule has 1 aromatic carbocycles. The van der Waals surface area contributed by atoms with E-state index < -0.39 is 0 Å². The Hall–Kier alpha value is -2.41. The van der Waals surface area contributed by atoms with Crippen molar-refractivity contribution < 1.29 is 9.13 Å². The molecule has 0 bridgehead atoms. The van der Waals surface area contributed by atoms with E-state index in [-0.39, 0.29) is 5.82 Å². The van der Waals surface area contributed by atoms with Crippen LogP contribution in [0.25, 0.3) is 5.69 Å². The number of rotatable bonds is 7. The summed E-state index contributed by atoms with van der Waals surface area (Å²) >= 11 is 0. The van der Waals surface area contributed by atoms with Gasteiger partial charge in [-0.15, -0.1) is 0 Å². The molecule has 0 radical (unpaired) electrons. The number of aliphatic imine (C=N–C) groups is 1. The molecule has 0 amide bonds. The number of ether oxygens (including phenoxy) is 1. The summed E-state index contributed by atoms with van der Waals surface area (Å²) in [7, 11) is 1.65. The van der Waals surface area contributed by atoms with Crippen LogP contribution in [-0.2, 0) is 11.3 Å². The number of halogens is 1. The number of aromatic nitrogens is 2. The van der Waals surface area contributed by atoms with E-state index in [9.17, 15) is 4.39 Å². The highest BCUT2D eigenvalue weighted by atomic mass is 19.1. The van der Waals surface area contributed by atoms with Gasteiger partial charge in [-0.1, -0.05) is 6.07 Å². The van der Waals surface area contributed by atoms with Gasteiger partial charge >= 0.3 is 0 Å². The number of guanidine groups is 1. The van der Waals surface area contributed by atoms with Crippen molar-refractivity contribution in [2.75, 3.05) is 26.8 Å². The number of imidazole rings is 1. The Kier molecular flexibility index (Phi) is 6.74. The predicted octanol–water partition coefficient (Wildman–Crippen LogP) is 2.02. The second-order valence-corrected chi connectivity index (χ2v) is 5.24. The second kappa shape index (κ2) is 9.02. The molecule has 2 N–H and O–H groups in total.